The van der Waals surface area contributed by atoms with E-state index in [4.69, 9.17) is 22.5 Å². The van der Waals surface area contributed by atoms with Gasteiger partial charge >= 0.3 is 0 Å². The van der Waals surface area contributed by atoms with E-state index in [1.807, 2.05) is 0 Å². The lowest BCUT2D eigenvalue weighted by Gasteiger charge is -2.06. The topological polar surface area (TPSA) is 128 Å². The maximum Gasteiger partial charge on any atom is 0.271 e. The standard InChI is InChI=1S/C9H13ClN4O3S/c10-6-2-3-7(11)14-8(6)9(15)13-4-1-5-18(12,16)17/h2-3H,1,4-5H2,(H2,11,14)(H,13,15)(H2,12,16,17). The Kier molecular flexibility index (Phi) is 4.88. The summed E-state index contributed by atoms with van der Waals surface area (Å²) in [5, 5.41) is 7.47. The Morgan fingerprint density at radius 3 is 2.72 bits per heavy atom. The molecule has 1 amide bonds. The molecule has 100 valence electrons. The average Bonchev–Trinajstić information content (AvgIpc) is 2.26. The molecule has 0 aliphatic heterocycles. The van der Waals surface area contributed by atoms with E-state index < -0.39 is 15.9 Å². The fourth-order valence-electron chi connectivity index (χ4n) is 1.18. The number of anilines is 1. The first-order valence-electron chi connectivity index (χ1n) is 5.00. The predicted octanol–water partition coefficient (Wildman–Crippen LogP) is -0.274. The van der Waals surface area contributed by atoms with Crippen LogP contribution in [0.25, 0.3) is 0 Å². The van der Waals surface area contributed by atoms with Gasteiger partial charge in [-0.1, -0.05) is 11.6 Å². The Bertz CT molecular complexity index is 547. The van der Waals surface area contributed by atoms with E-state index in [1.165, 1.54) is 12.1 Å². The normalized spacial score (nSPS) is 11.2. The number of carbonyl (C=O) groups excluding carboxylic acids is 1. The lowest BCUT2D eigenvalue weighted by Crippen LogP contribution is -2.28. The Labute approximate surface area is 110 Å². The molecule has 0 bridgehead atoms. The number of carbonyl (C=O) groups is 1. The van der Waals surface area contributed by atoms with Crippen LogP contribution in [0.3, 0.4) is 0 Å². The summed E-state index contributed by atoms with van der Waals surface area (Å²) in [5.74, 6) is -0.540. The molecule has 1 aromatic rings. The Morgan fingerprint density at radius 2 is 2.11 bits per heavy atom. The van der Waals surface area contributed by atoms with Crippen LogP contribution in [-0.2, 0) is 10.0 Å². The number of primary sulfonamides is 1. The van der Waals surface area contributed by atoms with Crippen molar-refractivity contribution in [2.24, 2.45) is 5.14 Å². The van der Waals surface area contributed by atoms with E-state index in [2.05, 4.69) is 10.3 Å². The summed E-state index contributed by atoms with van der Waals surface area (Å²) in [6.07, 6.45) is 0.213. The van der Waals surface area contributed by atoms with Gasteiger partial charge in [0, 0.05) is 6.54 Å². The minimum Gasteiger partial charge on any atom is -0.384 e. The molecule has 0 atom stereocenters. The highest BCUT2D eigenvalue weighted by molar-refractivity contribution is 7.89. The highest BCUT2D eigenvalue weighted by atomic mass is 35.5. The molecule has 0 spiro atoms. The van der Waals surface area contributed by atoms with Crippen molar-refractivity contribution >= 4 is 33.3 Å². The number of nitrogen functional groups attached to an aromatic ring is 1. The van der Waals surface area contributed by atoms with Crippen molar-refractivity contribution in [2.75, 3.05) is 18.0 Å². The van der Waals surface area contributed by atoms with Gasteiger partial charge in [-0.05, 0) is 18.6 Å². The van der Waals surface area contributed by atoms with Crippen molar-refractivity contribution in [1.29, 1.82) is 0 Å². The van der Waals surface area contributed by atoms with E-state index in [-0.39, 0.29) is 35.3 Å². The Balaban J connectivity index is 2.53. The molecule has 0 aromatic carbocycles. The molecule has 1 rings (SSSR count). The second-order valence-electron chi connectivity index (χ2n) is 3.54. The first-order chi connectivity index (χ1) is 8.29. The smallest absolute Gasteiger partial charge is 0.271 e. The molecule has 5 N–H and O–H groups in total. The molecule has 0 saturated heterocycles. The molecule has 1 aromatic heterocycles. The molecule has 0 saturated carbocycles. The highest BCUT2D eigenvalue weighted by Gasteiger charge is 2.12. The van der Waals surface area contributed by atoms with E-state index in [0.717, 1.165) is 0 Å². The summed E-state index contributed by atoms with van der Waals surface area (Å²) in [6.45, 7) is 0.155. The largest absolute Gasteiger partial charge is 0.384 e. The lowest BCUT2D eigenvalue weighted by atomic mass is 10.3. The van der Waals surface area contributed by atoms with Crippen molar-refractivity contribution in [3.05, 3.63) is 22.8 Å². The number of hydrogen-bond donors (Lipinski definition) is 3. The first-order valence-corrected chi connectivity index (χ1v) is 7.09. The fraction of sp³-hybridized carbons (Fsp3) is 0.333. The summed E-state index contributed by atoms with van der Waals surface area (Å²) in [6, 6.07) is 2.93. The van der Waals surface area contributed by atoms with Gasteiger partial charge in [0.15, 0.2) is 0 Å². The molecule has 9 heteroatoms. The van der Waals surface area contributed by atoms with Gasteiger partial charge in [0.1, 0.15) is 11.5 Å². The number of rotatable bonds is 5. The predicted molar refractivity (Wildman–Crippen MR) is 68.6 cm³/mol. The average molecular weight is 293 g/mol. The van der Waals surface area contributed by atoms with E-state index in [1.54, 1.807) is 0 Å². The van der Waals surface area contributed by atoms with Crippen LogP contribution >= 0.6 is 11.6 Å². The third-order valence-electron chi connectivity index (χ3n) is 1.97. The van der Waals surface area contributed by atoms with Crippen molar-refractivity contribution < 1.29 is 13.2 Å². The Morgan fingerprint density at radius 1 is 1.44 bits per heavy atom. The zero-order valence-corrected chi connectivity index (χ0v) is 11.0. The second kappa shape index (κ2) is 5.98. The van der Waals surface area contributed by atoms with Crippen LogP contribution in [0.2, 0.25) is 5.02 Å². The summed E-state index contributed by atoms with van der Waals surface area (Å²) in [4.78, 5) is 15.4. The minimum absolute atomic E-state index is 0.00673. The van der Waals surface area contributed by atoms with Crippen molar-refractivity contribution in [1.82, 2.24) is 10.3 Å². The quantitative estimate of drug-likeness (QED) is 0.643. The maximum atomic E-state index is 11.6. The number of amides is 1. The van der Waals surface area contributed by atoms with E-state index in [9.17, 15) is 13.2 Å². The molecule has 0 aliphatic carbocycles. The van der Waals surface area contributed by atoms with E-state index in [0.29, 0.717) is 0 Å². The number of pyridine rings is 1. The maximum absolute atomic E-state index is 11.6. The van der Waals surface area contributed by atoms with Crippen LogP contribution in [0.5, 0.6) is 0 Å². The molecule has 0 aliphatic rings. The highest BCUT2D eigenvalue weighted by Crippen LogP contribution is 2.14. The number of sulfonamides is 1. The third kappa shape index (κ3) is 4.86. The van der Waals surface area contributed by atoms with Gasteiger partial charge in [-0.25, -0.2) is 18.5 Å². The molecule has 18 heavy (non-hydrogen) atoms. The van der Waals surface area contributed by atoms with Crippen LogP contribution in [0.1, 0.15) is 16.9 Å². The van der Waals surface area contributed by atoms with Gasteiger partial charge in [0.2, 0.25) is 10.0 Å². The second-order valence-corrected chi connectivity index (χ2v) is 5.68. The number of nitrogens with zero attached hydrogens (tertiary/aromatic N) is 1. The van der Waals surface area contributed by atoms with Gasteiger partial charge in [-0.15, -0.1) is 0 Å². The van der Waals surface area contributed by atoms with Crippen molar-refractivity contribution in [3.8, 4) is 0 Å². The molecular weight excluding hydrogens is 280 g/mol. The monoisotopic (exact) mass is 292 g/mol. The molecule has 0 fully saturated rings. The van der Waals surface area contributed by atoms with Crippen molar-refractivity contribution in [3.63, 3.8) is 0 Å². The van der Waals surface area contributed by atoms with Crippen molar-refractivity contribution in [2.45, 2.75) is 6.42 Å². The molecule has 7 nitrogen and oxygen atoms in total. The molecule has 1 heterocycles. The number of nitrogens with one attached hydrogen (secondary N) is 1. The summed E-state index contributed by atoms with van der Waals surface area (Å²) < 4.78 is 21.3. The van der Waals surface area contributed by atoms with Crippen LogP contribution in [0.15, 0.2) is 12.1 Å². The Hall–Kier alpha value is -1.38. The zero-order valence-electron chi connectivity index (χ0n) is 9.39. The summed E-state index contributed by atoms with van der Waals surface area (Å²) in [7, 11) is -3.51. The summed E-state index contributed by atoms with van der Waals surface area (Å²) in [5.41, 5.74) is 5.44. The van der Waals surface area contributed by atoms with Crippen LogP contribution in [0, 0.1) is 0 Å². The van der Waals surface area contributed by atoms with Crippen LogP contribution in [-0.4, -0.2) is 31.6 Å². The SMILES string of the molecule is Nc1ccc(Cl)c(C(=O)NCCCS(N)(=O)=O)n1. The molecular formula is C9H13ClN4O3S. The number of nitrogens with two attached hydrogens (primary N) is 2. The van der Waals surface area contributed by atoms with Gasteiger partial charge in [0.25, 0.3) is 5.91 Å². The minimum atomic E-state index is -3.51. The van der Waals surface area contributed by atoms with E-state index >= 15 is 0 Å². The lowest BCUT2D eigenvalue weighted by molar-refractivity contribution is 0.0949. The molecule has 0 radical (unpaired) electrons. The van der Waals surface area contributed by atoms with Crippen LogP contribution in [0.4, 0.5) is 5.82 Å². The van der Waals surface area contributed by atoms with Gasteiger partial charge < -0.3 is 11.1 Å². The molecule has 0 unspecified atom stereocenters. The zero-order chi connectivity index (χ0) is 13.8. The third-order valence-corrected chi connectivity index (χ3v) is 3.14. The number of aromatic nitrogens is 1. The summed E-state index contributed by atoms with van der Waals surface area (Å²) >= 11 is 5.78. The van der Waals surface area contributed by atoms with Gasteiger partial charge in [0.05, 0.1) is 10.8 Å². The van der Waals surface area contributed by atoms with Crippen LogP contribution < -0.4 is 16.2 Å². The number of halogens is 1. The number of hydrogen-bond acceptors (Lipinski definition) is 5. The first kappa shape index (κ1) is 14.7. The van der Waals surface area contributed by atoms with Gasteiger partial charge in [-0.3, -0.25) is 4.79 Å². The van der Waals surface area contributed by atoms with Gasteiger partial charge in [-0.2, -0.15) is 0 Å². The fourth-order valence-corrected chi connectivity index (χ4v) is 1.91.